The lowest BCUT2D eigenvalue weighted by Crippen LogP contribution is -2.18. The molecular formula is C10H18N2O. The van der Waals surface area contributed by atoms with Gasteiger partial charge in [0.05, 0.1) is 5.70 Å². The molecule has 0 atom stereocenters. The van der Waals surface area contributed by atoms with Crippen LogP contribution in [0.1, 0.15) is 20.8 Å². The van der Waals surface area contributed by atoms with Crippen LogP contribution in [0.3, 0.4) is 0 Å². The molecule has 13 heavy (non-hydrogen) atoms. The van der Waals surface area contributed by atoms with Gasteiger partial charge in [-0.2, -0.15) is 0 Å². The van der Waals surface area contributed by atoms with Gasteiger partial charge in [0, 0.05) is 32.9 Å². The quantitative estimate of drug-likeness (QED) is 0.669. The van der Waals surface area contributed by atoms with E-state index in [1.54, 1.807) is 6.92 Å². The Morgan fingerprint density at radius 3 is 2.23 bits per heavy atom. The van der Waals surface area contributed by atoms with Crippen LogP contribution in [0, 0.1) is 0 Å². The van der Waals surface area contributed by atoms with E-state index in [1.165, 1.54) is 0 Å². The molecule has 0 radical (unpaired) electrons. The normalized spacial score (nSPS) is 12.7. The fraction of sp³-hybridized carbons (Fsp3) is 0.500. The molecule has 1 N–H and O–H groups in total. The highest BCUT2D eigenvalue weighted by molar-refractivity contribution is 5.92. The maximum absolute atomic E-state index is 11.1. The zero-order valence-electron chi connectivity index (χ0n) is 9.01. The summed E-state index contributed by atoms with van der Waals surface area (Å²) in [5.74, 6) is 0.0742. The second-order valence-corrected chi connectivity index (χ2v) is 2.90. The number of nitrogens with zero attached hydrogens (tertiary/aromatic N) is 1. The van der Waals surface area contributed by atoms with E-state index in [0.29, 0.717) is 5.70 Å². The van der Waals surface area contributed by atoms with Crippen molar-refractivity contribution in [3.8, 4) is 0 Å². The zero-order valence-corrected chi connectivity index (χ0v) is 9.01. The molecule has 0 aromatic carbocycles. The molecule has 0 amide bonds. The van der Waals surface area contributed by atoms with Crippen molar-refractivity contribution in [2.45, 2.75) is 20.8 Å². The van der Waals surface area contributed by atoms with Crippen molar-refractivity contribution in [1.82, 2.24) is 10.2 Å². The van der Waals surface area contributed by atoms with E-state index < -0.39 is 0 Å². The fourth-order valence-electron chi connectivity index (χ4n) is 1.08. The molecule has 0 aliphatic rings. The molecule has 0 aliphatic heterocycles. The summed E-state index contributed by atoms with van der Waals surface area (Å²) in [5, 5.41) is 2.99. The molecule has 3 heteroatoms. The van der Waals surface area contributed by atoms with E-state index in [4.69, 9.17) is 0 Å². The van der Waals surface area contributed by atoms with Gasteiger partial charge in [0.25, 0.3) is 0 Å². The van der Waals surface area contributed by atoms with Crippen molar-refractivity contribution < 1.29 is 4.79 Å². The number of likely N-dealkylation sites (N-methyl/N-ethyl adjacent to an activating group) is 1. The first-order valence-corrected chi connectivity index (χ1v) is 4.29. The van der Waals surface area contributed by atoms with E-state index in [9.17, 15) is 4.79 Å². The molecule has 0 aliphatic carbocycles. The highest BCUT2D eigenvalue weighted by Crippen LogP contribution is 2.04. The number of ketones is 1. The molecule has 0 aromatic heterocycles. The second-order valence-electron chi connectivity index (χ2n) is 2.90. The molecule has 0 saturated heterocycles. The number of hydrogen-bond acceptors (Lipinski definition) is 3. The van der Waals surface area contributed by atoms with Gasteiger partial charge < -0.3 is 10.2 Å². The summed E-state index contributed by atoms with van der Waals surface area (Å²) in [5.41, 5.74) is 1.72. The summed E-state index contributed by atoms with van der Waals surface area (Å²) in [6, 6.07) is 0. The van der Waals surface area contributed by atoms with Crippen LogP contribution in [-0.2, 0) is 4.79 Å². The Morgan fingerprint density at radius 2 is 1.92 bits per heavy atom. The number of hydrogen-bond donors (Lipinski definition) is 1. The second kappa shape index (κ2) is 5.41. The minimum atomic E-state index is 0.0742. The SMILES string of the molecule is C/C=C(/C(C)=O)N(C)/C=C(\C)NC. The van der Waals surface area contributed by atoms with Crippen molar-refractivity contribution in [1.29, 1.82) is 0 Å². The maximum atomic E-state index is 11.1. The summed E-state index contributed by atoms with van der Waals surface area (Å²) in [4.78, 5) is 12.9. The van der Waals surface area contributed by atoms with Crippen LogP contribution in [0.2, 0.25) is 0 Å². The molecule has 0 rings (SSSR count). The van der Waals surface area contributed by atoms with Crippen LogP contribution < -0.4 is 5.32 Å². The average molecular weight is 182 g/mol. The summed E-state index contributed by atoms with van der Waals surface area (Å²) < 4.78 is 0. The first kappa shape index (κ1) is 11.8. The average Bonchev–Trinajstić information content (AvgIpc) is 2.04. The van der Waals surface area contributed by atoms with Gasteiger partial charge in [0.1, 0.15) is 0 Å². The van der Waals surface area contributed by atoms with Gasteiger partial charge in [-0.25, -0.2) is 0 Å². The minimum absolute atomic E-state index is 0.0742. The Labute approximate surface area is 80.1 Å². The molecule has 0 fully saturated rings. The number of carbonyl (C=O) groups excluding carboxylic acids is 1. The molecule has 0 bridgehead atoms. The number of carbonyl (C=O) groups is 1. The molecule has 74 valence electrons. The van der Waals surface area contributed by atoms with Crippen LogP contribution >= 0.6 is 0 Å². The standard InChI is InChI=1S/C10H18N2O/c1-6-10(9(3)13)12(5)7-8(2)11-4/h6-7,11H,1-5H3/b8-7+,10-6-. The smallest absolute Gasteiger partial charge is 0.175 e. The third kappa shape index (κ3) is 3.78. The van der Waals surface area contributed by atoms with Crippen LogP contribution in [0.25, 0.3) is 0 Å². The summed E-state index contributed by atoms with van der Waals surface area (Å²) in [6.45, 7) is 5.37. The van der Waals surface area contributed by atoms with E-state index in [-0.39, 0.29) is 5.78 Å². The van der Waals surface area contributed by atoms with Gasteiger partial charge in [0.2, 0.25) is 0 Å². The van der Waals surface area contributed by atoms with Crippen molar-refractivity contribution in [2.24, 2.45) is 0 Å². The number of nitrogens with one attached hydrogen (secondary N) is 1. The molecule has 0 aromatic rings. The van der Waals surface area contributed by atoms with Gasteiger partial charge in [-0.3, -0.25) is 4.79 Å². The largest absolute Gasteiger partial charge is 0.390 e. The number of Topliss-reactive ketones (excluding diaryl/α,β-unsaturated/α-hetero) is 1. The third-order valence-electron chi connectivity index (χ3n) is 1.80. The van der Waals surface area contributed by atoms with Crippen molar-refractivity contribution in [2.75, 3.05) is 14.1 Å². The van der Waals surface area contributed by atoms with E-state index in [0.717, 1.165) is 5.70 Å². The van der Waals surface area contributed by atoms with Gasteiger partial charge >= 0.3 is 0 Å². The third-order valence-corrected chi connectivity index (χ3v) is 1.80. The van der Waals surface area contributed by atoms with Gasteiger partial charge in [-0.15, -0.1) is 0 Å². The number of rotatable bonds is 4. The molecular weight excluding hydrogens is 164 g/mol. The molecule has 3 nitrogen and oxygen atoms in total. The summed E-state index contributed by atoms with van der Waals surface area (Å²) in [6.07, 6.45) is 3.69. The lowest BCUT2D eigenvalue weighted by atomic mass is 10.3. The van der Waals surface area contributed by atoms with Crippen LogP contribution in [0.5, 0.6) is 0 Å². The zero-order chi connectivity index (χ0) is 10.4. The number of allylic oxidation sites excluding steroid dienone is 3. The predicted octanol–water partition coefficient (Wildman–Crippen LogP) is 1.49. The van der Waals surface area contributed by atoms with E-state index in [1.807, 2.05) is 45.1 Å². The molecule has 0 heterocycles. The summed E-state index contributed by atoms with van der Waals surface area (Å²) in [7, 11) is 3.71. The van der Waals surface area contributed by atoms with Gasteiger partial charge in [-0.1, -0.05) is 6.08 Å². The lowest BCUT2D eigenvalue weighted by molar-refractivity contribution is -0.114. The van der Waals surface area contributed by atoms with E-state index >= 15 is 0 Å². The van der Waals surface area contributed by atoms with Crippen LogP contribution in [0.4, 0.5) is 0 Å². The first-order chi connectivity index (χ1) is 6.02. The fourth-order valence-corrected chi connectivity index (χ4v) is 1.08. The molecule has 0 saturated carbocycles. The van der Waals surface area contributed by atoms with Crippen LogP contribution in [0.15, 0.2) is 23.7 Å². The highest BCUT2D eigenvalue weighted by atomic mass is 16.1. The maximum Gasteiger partial charge on any atom is 0.175 e. The Morgan fingerprint density at radius 1 is 1.38 bits per heavy atom. The lowest BCUT2D eigenvalue weighted by Gasteiger charge is -2.16. The van der Waals surface area contributed by atoms with Crippen LogP contribution in [-0.4, -0.2) is 24.8 Å². The highest BCUT2D eigenvalue weighted by Gasteiger charge is 2.05. The van der Waals surface area contributed by atoms with Gasteiger partial charge in [-0.05, 0) is 13.8 Å². The van der Waals surface area contributed by atoms with E-state index in [2.05, 4.69) is 5.32 Å². The molecule has 0 spiro atoms. The first-order valence-electron chi connectivity index (χ1n) is 4.29. The Balaban J connectivity index is 4.59. The Bertz CT molecular complexity index is 241. The summed E-state index contributed by atoms with van der Waals surface area (Å²) >= 11 is 0. The van der Waals surface area contributed by atoms with Crippen molar-refractivity contribution in [3.05, 3.63) is 23.7 Å². The van der Waals surface area contributed by atoms with Crippen molar-refractivity contribution in [3.63, 3.8) is 0 Å². The minimum Gasteiger partial charge on any atom is -0.390 e. The predicted molar refractivity (Wildman–Crippen MR) is 55.0 cm³/mol. The topological polar surface area (TPSA) is 32.3 Å². The van der Waals surface area contributed by atoms with Gasteiger partial charge in [0.15, 0.2) is 5.78 Å². The molecule has 0 unspecified atom stereocenters. The monoisotopic (exact) mass is 182 g/mol. The Kier molecular flexibility index (Phi) is 4.89. The Hall–Kier alpha value is -1.25. The van der Waals surface area contributed by atoms with Crippen molar-refractivity contribution >= 4 is 5.78 Å².